The molecule has 0 saturated heterocycles. The van der Waals surface area contributed by atoms with Crippen molar-refractivity contribution in [3.8, 4) is 0 Å². The number of aromatic nitrogens is 3. The van der Waals surface area contributed by atoms with Crippen LogP contribution in [0.25, 0.3) is 5.65 Å². The van der Waals surface area contributed by atoms with E-state index in [9.17, 15) is 8.78 Å². The molecule has 0 saturated carbocycles. The number of hydrogen-bond acceptors (Lipinski definition) is 5. The van der Waals surface area contributed by atoms with E-state index in [2.05, 4.69) is 20.6 Å². The molecule has 2 heterocycles. The molecule has 6 nitrogen and oxygen atoms in total. The van der Waals surface area contributed by atoms with Crippen molar-refractivity contribution in [3.05, 3.63) is 18.6 Å². The van der Waals surface area contributed by atoms with Crippen molar-refractivity contribution in [2.45, 2.75) is 12.5 Å². The minimum Gasteiger partial charge on any atom is -0.385 e. The monoisotopic (exact) mass is 257 g/mol. The first kappa shape index (κ1) is 12.5. The van der Waals surface area contributed by atoms with Gasteiger partial charge in [0.1, 0.15) is 11.9 Å². The third-order valence-electron chi connectivity index (χ3n) is 2.40. The highest BCUT2D eigenvalue weighted by molar-refractivity contribution is 5.65. The lowest BCUT2D eigenvalue weighted by molar-refractivity contribution is 0.00382. The Labute approximate surface area is 102 Å². The van der Waals surface area contributed by atoms with Gasteiger partial charge in [0.15, 0.2) is 11.5 Å². The van der Waals surface area contributed by atoms with Gasteiger partial charge in [-0.15, -0.1) is 0 Å². The topological polar surface area (TPSA) is 74.5 Å². The van der Waals surface area contributed by atoms with Gasteiger partial charge in [0, 0.05) is 26.0 Å². The lowest BCUT2D eigenvalue weighted by atomic mass is 10.3. The quantitative estimate of drug-likeness (QED) is 0.739. The van der Waals surface area contributed by atoms with Crippen LogP contribution in [0.2, 0.25) is 0 Å². The number of nitrogens with one attached hydrogen (secondary N) is 2. The van der Waals surface area contributed by atoms with E-state index in [1.807, 2.05) is 0 Å². The highest BCUT2D eigenvalue weighted by Gasteiger charge is 2.17. The molecule has 0 aromatic carbocycles. The van der Waals surface area contributed by atoms with E-state index in [-0.39, 0.29) is 6.54 Å². The van der Waals surface area contributed by atoms with Gasteiger partial charge < -0.3 is 20.1 Å². The number of imidazole rings is 1. The Balaban J connectivity index is 2.23. The van der Waals surface area contributed by atoms with Gasteiger partial charge in [-0.2, -0.15) is 0 Å². The summed E-state index contributed by atoms with van der Waals surface area (Å²) in [5, 5.41) is 14.6. The first-order chi connectivity index (χ1) is 8.61. The average molecular weight is 257 g/mol. The van der Waals surface area contributed by atoms with Crippen LogP contribution < -0.4 is 10.6 Å². The summed E-state index contributed by atoms with van der Waals surface area (Å²) in [7, 11) is 1.70. The van der Waals surface area contributed by atoms with Crippen LogP contribution in [0.3, 0.4) is 0 Å². The van der Waals surface area contributed by atoms with Crippen molar-refractivity contribution in [2.24, 2.45) is 0 Å². The van der Waals surface area contributed by atoms with Crippen LogP contribution in [0.1, 0.15) is 0 Å². The second kappa shape index (κ2) is 5.13. The molecule has 8 heteroatoms. The maximum Gasteiger partial charge on any atom is 0.265 e. The van der Waals surface area contributed by atoms with E-state index in [4.69, 9.17) is 5.11 Å². The normalized spacial score (nSPS) is 12.9. The molecule has 2 aromatic rings. The molecular weight excluding hydrogens is 244 g/mol. The van der Waals surface area contributed by atoms with E-state index >= 15 is 0 Å². The van der Waals surface area contributed by atoms with Gasteiger partial charge in [-0.25, -0.2) is 18.7 Å². The summed E-state index contributed by atoms with van der Waals surface area (Å²) in [6.45, 7) is -0.291. The minimum absolute atomic E-state index is 0.291. The number of rotatable bonds is 5. The third-order valence-corrected chi connectivity index (χ3v) is 2.40. The zero-order chi connectivity index (χ0) is 13.1. The first-order valence-electron chi connectivity index (χ1n) is 5.33. The van der Waals surface area contributed by atoms with E-state index in [0.29, 0.717) is 17.3 Å². The Morgan fingerprint density at radius 2 is 2.28 bits per heavy atom. The standard InChI is InChI=1S/C10H13F2N5O/c1-13-7-5-17-3-2-14-10(17)9(16-7)15-4-6(18)8(11)12/h2-3,5-6,8,13,18H,4H2,1H3,(H,15,16). The maximum absolute atomic E-state index is 12.2. The zero-order valence-electron chi connectivity index (χ0n) is 9.64. The number of aliphatic hydroxyl groups is 1. The number of halogens is 2. The van der Waals surface area contributed by atoms with Gasteiger partial charge in [0.2, 0.25) is 0 Å². The number of nitrogens with zero attached hydrogens (tertiary/aromatic N) is 3. The van der Waals surface area contributed by atoms with Gasteiger partial charge in [0.05, 0.1) is 6.20 Å². The van der Waals surface area contributed by atoms with Crippen molar-refractivity contribution in [3.63, 3.8) is 0 Å². The van der Waals surface area contributed by atoms with Gasteiger partial charge in [-0.1, -0.05) is 0 Å². The number of hydrogen-bond donors (Lipinski definition) is 3. The number of fused-ring (bicyclic) bond motifs is 1. The SMILES string of the molecule is CNc1cn2ccnc2c(NCC(O)C(F)F)n1. The fourth-order valence-electron chi connectivity index (χ4n) is 1.46. The average Bonchev–Trinajstić information content (AvgIpc) is 2.83. The molecule has 0 aliphatic rings. The summed E-state index contributed by atoms with van der Waals surface area (Å²) in [6.07, 6.45) is 0.482. The summed E-state index contributed by atoms with van der Waals surface area (Å²) in [6, 6.07) is 0. The molecule has 2 aromatic heterocycles. The van der Waals surface area contributed by atoms with Crippen molar-refractivity contribution in [1.82, 2.24) is 14.4 Å². The molecular formula is C10H13F2N5O. The molecule has 0 amide bonds. The van der Waals surface area contributed by atoms with Crippen LogP contribution in [-0.2, 0) is 0 Å². The lowest BCUT2D eigenvalue weighted by Gasteiger charge is -2.12. The van der Waals surface area contributed by atoms with Crippen LogP contribution in [-0.4, -0.2) is 45.6 Å². The summed E-state index contributed by atoms with van der Waals surface area (Å²) in [5.41, 5.74) is 0.510. The molecule has 0 aliphatic carbocycles. The molecule has 1 atom stereocenters. The van der Waals surface area contributed by atoms with Crippen LogP contribution in [0.4, 0.5) is 20.4 Å². The van der Waals surface area contributed by atoms with Crippen LogP contribution in [0.5, 0.6) is 0 Å². The largest absolute Gasteiger partial charge is 0.385 e. The molecule has 18 heavy (non-hydrogen) atoms. The molecule has 3 N–H and O–H groups in total. The second-order valence-electron chi connectivity index (χ2n) is 3.67. The van der Waals surface area contributed by atoms with Crippen molar-refractivity contribution >= 4 is 17.3 Å². The first-order valence-corrected chi connectivity index (χ1v) is 5.33. The van der Waals surface area contributed by atoms with Crippen molar-refractivity contribution in [1.29, 1.82) is 0 Å². The van der Waals surface area contributed by atoms with Crippen molar-refractivity contribution < 1.29 is 13.9 Å². The third kappa shape index (κ3) is 2.48. The number of alkyl halides is 2. The molecule has 0 fully saturated rings. The number of anilines is 2. The van der Waals surface area contributed by atoms with Crippen LogP contribution in [0, 0.1) is 0 Å². The smallest absolute Gasteiger partial charge is 0.265 e. The van der Waals surface area contributed by atoms with Crippen LogP contribution >= 0.6 is 0 Å². The number of aliphatic hydroxyl groups excluding tert-OH is 1. The summed E-state index contributed by atoms with van der Waals surface area (Å²) < 4.78 is 26.1. The minimum atomic E-state index is -2.79. The molecule has 0 spiro atoms. The van der Waals surface area contributed by atoms with Crippen LogP contribution in [0.15, 0.2) is 18.6 Å². The molecule has 0 radical (unpaired) electrons. The molecule has 1 unspecified atom stereocenters. The second-order valence-corrected chi connectivity index (χ2v) is 3.67. The Bertz CT molecular complexity index is 530. The van der Waals surface area contributed by atoms with E-state index in [1.165, 1.54) is 0 Å². The molecule has 0 bridgehead atoms. The Morgan fingerprint density at radius 1 is 1.50 bits per heavy atom. The van der Waals surface area contributed by atoms with Gasteiger partial charge in [0.25, 0.3) is 6.43 Å². The lowest BCUT2D eigenvalue weighted by Crippen LogP contribution is -2.27. The zero-order valence-corrected chi connectivity index (χ0v) is 9.64. The Kier molecular flexibility index (Phi) is 3.56. The predicted molar refractivity (Wildman–Crippen MR) is 63.0 cm³/mol. The van der Waals surface area contributed by atoms with E-state index in [0.717, 1.165) is 0 Å². The predicted octanol–water partition coefficient (Wildman–Crippen LogP) is 0.809. The molecule has 98 valence electrons. The highest BCUT2D eigenvalue weighted by Crippen LogP contribution is 2.16. The highest BCUT2D eigenvalue weighted by atomic mass is 19.3. The fourth-order valence-corrected chi connectivity index (χ4v) is 1.46. The van der Waals surface area contributed by atoms with Gasteiger partial charge >= 0.3 is 0 Å². The van der Waals surface area contributed by atoms with E-state index < -0.39 is 12.5 Å². The van der Waals surface area contributed by atoms with E-state index in [1.54, 1.807) is 30.0 Å². The fraction of sp³-hybridized carbons (Fsp3) is 0.400. The Hall–Kier alpha value is -1.96. The summed E-state index contributed by atoms with van der Waals surface area (Å²) in [4.78, 5) is 8.22. The summed E-state index contributed by atoms with van der Waals surface area (Å²) >= 11 is 0. The van der Waals surface area contributed by atoms with Crippen molar-refractivity contribution in [2.75, 3.05) is 24.2 Å². The Morgan fingerprint density at radius 3 is 2.94 bits per heavy atom. The van der Waals surface area contributed by atoms with Gasteiger partial charge in [-0.05, 0) is 0 Å². The molecule has 0 aliphatic heterocycles. The van der Waals surface area contributed by atoms with Gasteiger partial charge in [-0.3, -0.25) is 0 Å². The molecule has 2 rings (SSSR count). The summed E-state index contributed by atoms with van der Waals surface area (Å²) in [5.74, 6) is 0.904. The maximum atomic E-state index is 12.2.